The zero-order valence-corrected chi connectivity index (χ0v) is 25.4. The molecule has 0 amide bonds. The zero-order valence-electron chi connectivity index (χ0n) is 24.6. The average molecular weight is 604 g/mol. The Hall–Kier alpha value is -3.64. The van der Waals surface area contributed by atoms with Crippen molar-refractivity contribution in [3.05, 3.63) is 65.9 Å². The lowest BCUT2D eigenvalue weighted by Gasteiger charge is -2.25. The summed E-state index contributed by atoms with van der Waals surface area (Å²) in [4.78, 5) is 26.8. The van der Waals surface area contributed by atoms with Crippen LogP contribution in [0.3, 0.4) is 0 Å². The first-order chi connectivity index (χ1) is 20.8. The minimum absolute atomic E-state index is 0.0207. The molecule has 226 valence electrons. The summed E-state index contributed by atoms with van der Waals surface area (Å²) in [6.45, 7) is 6.55. The van der Waals surface area contributed by atoms with Crippen LogP contribution in [0.25, 0.3) is 20.8 Å². The Bertz CT molecular complexity index is 1550. The van der Waals surface area contributed by atoms with Crippen molar-refractivity contribution < 1.29 is 24.1 Å². The number of nitrogens with zero attached hydrogens (tertiary/aromatic N) is 3. The highest BCUT2D eigenvalue weighted by Crippen LogP contribution is 2.44. The van der Waals surface area contributed by atoms with E-state index in [1.165, 1.54) is 0 Å². The Morgan fingerprint density at radius 2 is 1.84 bits per heavy atom. The number of thiazole rings is 1. The molecule has 4 atom stereocenters. The molecular formula is C32H37N5O5S. The maximum Gasteiger partial charge on any atom is 0.306 e. The fourth-order valence-corrected chi connectivity index (χ4v) is 6.88. The lowest BCUT2D eigenvalue weighted by Crippen LogP contribution is -2.35. The smallest absolute Gasteiger partial charge is 0.306 e. The van der Waals surface area contributed by atoms with E-state index < -0.39 is 5.79 Å². The normalized spacial score (nSPS) is 22.4. The molecule has 4 aromatic rings. The van der Waals surface area contributed by atoms with Crippen molar-refractivity contribution in [2.24, 2.45) is 5.92 Å². The summed E-state index contributed by atoms with van der Waals surface area (Å²) in [6.07, 6.45) is 1.10. The van der Waals surface area contributed by atoms with Crippen LogP contribution >= 0.6 is 11.3 Å². The van der Waals surface area contributed by atoms with Gasteiger partial charge in [-0.15, -0.1) is 11.3 Å². The lowest BCUT2D eigenvalue weighted by atomic mass is 10.1. The second-order valence-electron chi connectivity index (χ2n) is 11.5. The summed E-state index contributed by atoms with van der Waals surface area (Å²) < 4.78 is 18.9. The standard InChI is InChI=1S/C32H37N5O5S/c1-19-26(30-36-22-12-7-8-13-24(22)43-30)29(35-23-16-21(17-38)27-28(23)42-32(2,3)41-27)37-31(34-19)33-15-9-14-25(39)40-18-20-10-5-4-6-11-20/h4-8,10-13,21,23,27-28,38H,9,14-18H2,1-3H3,(H2,33,34,35,37)/t21-,23-,27-,28+/m1/s1. The van der Waals surface area contributed by atoms with Crippen LogP contribution in [0.2, 0.25) is 0 Å². The van der Waals surface area contributed by atoms with Gasteiger partial charge >= 0.3 is 5.97 Å². The first-order valence-electron chi connectivity index (χ1n) is 14.7. The lowest BCUT2D eigenvalue weighted by molar-refractivity contribution is -0.158. The fraction of sp³-hybridized carbons (Fsp3) is 0.438. The van der Waals surface area contributed by atoms with Gasteiger partial charge in [0.05, 0.1) is 33.6 Å². The number of aliphatic hydroxyl groups excluding tert-OH is 1. The van der Waals surface area contributed by atoms with Gasteiger partial charge in [-0.25, -0.2) is 9.97 Å². The Kier molecular flexibility index (Phi) is 8.58. The first kappa shape index (κ1) is 29.4. The maximum absolute atomic E-state index is 12.3. The van der Waals surface area contributed by atoms with Gasteiger partial charge in [0.15, 0.2) is 5.79 Å². The molecule has 0 unspecified atom stereocenters. The Balaban J connectivity index is 1.19. The molecule has 11 heteroatoms. The number of esters is 1. The van der Waals surface area contributed by atoms with Crippen molar-refractivity contribution in [3.8, 4) is 10.6 Å². The van der Waals surface area contributed by atoms with Crippen LogP contribution in [0, 0.1) is 12.8 Å². The van der Waals surface area contributed by atoms with Crippen LogP contribution in [-0.4, -0.2) is 63.2 Å². The largest absolute Gasteiger partial charge is 0.461 e. The third-order valence-electron chi connectivity index (χ3n) is 7.82. The van der Waals surface area contributed by atoms with Gasteiger partial charge in [0, 0.05) is 25.5 Å². The van der Waals surface area contributed by atoms with Gasteiger partial charge in [0.25, 0.3) is 0 Å². The molecule has 0 radical (unpaired) electrons. The second kappa shape index (κ2) is 12.5. The molecular weight excluding hydrogens is 566 g/mol. The van der Waals surface area contributed by atoms with E-state index >= 15 is 0 Å². The van der Waals surface area contributed by atoms with E-state index in [1.54, 1.807) is 11.3 Å². The summed E-state index contributed by atoms with van der Waals surface area (Å²) in [5.41, 5.74) is 3.49. The topological polar surface area (TPSA) is 128 Å². The van der Waals surface area contributed by atoms with Gasteiger partial charge in [0.1, 0.15) is 23.5 Å². The summed E-state index contributed by atoms with van der Waals surface area (Å²) in [5.74, 6) is 0.0893. The van der Waals surface area contributed by atoms with E-state index in [2.05, 4.69) is 16.7 Å². The van der Waals surface area contributed by atoms with Crippen molar-refractivity contribution in [2.45, 2.75) is 70.7 Å². The van der Waals surface area contributed by atoms with E-state index in [1.807, 2.05) is 69.3 Å². The van der Waals surface area contributed by atoms with E-state index in [4.69, 9.17) is 29.2 Å². The summed E-state index contributed by atoms with van der Waals surface area (Å²) in [6, 6.07) is 17.5. The number of hydrogen-bond acceptors (Lipinski definition) is 11. The highest BCUT2D eigenvalue weighted by Gasteiger charge is 2.54. The van der Waals surface area contributed by atoms with Gasteiger partial charge in [-0.05, 0) is 51.3 Å². The predicted molar refractivity (Wildman–Crippen MR) is 166 cm³/mol. The van der Waals surface area contributed by atoms with Crippen molar-refractivity contribution in [3.63, 3.8) is 0 Å². The third kappa shape index (κ3) is 6.65. The average Bonchev–Trinajstić information content (AvgIpc) is 3.65. The number of anilines is 2. The van der Waals surface area contributed by atoms with E-state index in [0.29, 0.717) is 31.2 Å². The number of carbonyl (C=O) groups is 1. The van der Waals surface area contributed by atoms with Crippen LogP contribution in [0.1, 0.15) is 44.4 Å². The SMILES string of the molecule is Cc1nc(NCCCC(=O)OCc2ccccc2)nc(N[C@@H]2C[C@H](CO)[C@H]3OC(C)(C)O[C@H]32)c1-c1nc2ccccc2s1. The van der Waals surface area contributed by atoms with Crippen molar-refractivity contribution >= 4 is 39.3 Å². The van der Waals surface area contributed by atoms with E-state index in [0.717, 1.165) is 32.0 Å². The number of carbonyl (C=O) groups excluding carboxylic acids is 1. The number of aryl methyl sites for hydroxylation is 1. The number of aliphatic hydroxyl groups is 1. The minimum Gasteiger partial charge on any atom is -0.461 e. The van der Waals surface area contributed by atoms with E-state index in [-0.39, 0.29) is 49.8 Å². The summed E-state index contributed by atoms with van der Waals surface area (Å²) in [7, 11) is 0. The number of rotatable bonds is 11. The van der Waals surface area contributed by atoms with Gasteiger partial charge in [-0.3, -0.25) is 4.79 Å². The number of nitrogens with one attached hydrogen (secondary N) is 2. The van der Waals surface area contributed by atoms with Gasteiger partial charge in [0.2, 0.25) is 5.95 Å². The zero-order chi connectivity index (χ0) is 30.0. The first-order valence-corrected chi connectivity index (χ1v) is 15.5. The number of aromatic nitrogens is 3. The quantitative estimate of drug-likeness (QED) is 0.153. The van der Waals surface area contributed by atoms with Crippen LogP contribution in [0.5, 0.6) is 0 Å². The van der Waals surface area contributed by atoms with Crippen molar-refractivity contribution in [2.75, 3.05) is 23.8 Å². The number of para-hydroxylation sites is 1. The molecule has 2 aromatic carbocycles. The van der Waals surface area contributed by atoms with Crippen LogP contribution in [0.4, 0.5) is 11.8 Å². The number of fused-ring (bicyclic) bond motifs is 2. The van der Waals surface area contributed by atoms with E-state index in [9.17, 15) is 9.90 Å². The molecule has 3 heterocycles. The summed E-state index contributed by atoms with van der Waals surface area (Å²) >= 11 is 1.60. The Labute approximate surface area is 254 Å². The molecule has 2 aliphatic rings. The molecule has 1 saturated carbocycles. The predicted octanol–water partition coefficient (Wildman–Crippen LogP) is 5.31. The van der Waals surface area contributed by atoms with Crippen molar-refractivity contribution in [1.29, 1.82) is 0 Å². The highest BCUT2D eigenvalue weighted by molar-refractivity contribution is 7.21. The second-order valence-corrected chi connectivity index (χ2v) is 12.5. The molecule has 1 saturated heterocycles. The van der Waals surface area contributed by atoms with Crippen LogP contribution in [0.15, 0.2) is 54.6 Å². The molecule has 0 bridgehead atoms. The molecule has 2 aromatic heterocycles. The third-order valence-corrected chi connectivity index (χ3v) is 8.87. The van der Waals surface area contributed by atoms with Crippen LogP contribution < -0.4 is 10.6 Å². The van der Waals surface area contributed by atoms with Gasteiger partial charge in [-0.1, -0.05) is 42.5 Å². The molecule has 0 spiro atoms. The Morgan fingerprint density at radius 1 is 1.07 bits per heavy atom. The van der Waals surface area contributed by atoms with Gasteiger partial charge in [-0.2, -0.15) is 4.98 Å². The van der Waals surface area contributed by atoms with Crippen LogP contribution in [-0.2, 0) is 25.6 Å². The molecule has 1 aliphatic heterocycles. The fourth-order valence-electron chi connectivity index (χ4n) is 5.82. The molecule has 3 N–H and O–H groups in total. The maximum atomic E-state index is 12.3. The molecule has 10 nitrogen and oxygen atoms in total. The molecule has 6 rings (SSSR count). The minimum atomic E-state index is -0.727. The highest BCUT2D eigenvalue weighted by atomic mass is 32.1. The van der Waals surface area contributed by atoms with Gasteiger partial charge < -0.3 is 30.0 Å². The molecule has 2 fully saturated rings. The molecule has 1 aliphatic carbocycles. The molecule has 43 heavy (non-hydrogen) atoms. The number of ether oxygens (including phenoxy) is 3. The van der Waals surface area contributed by atoms with Crippen molar-refractivity contribution in [1.82, 2.24) is 15.0 Å². The Morgan fingerprint density at radius 3 is 2.63 bits per heavy atom. The summed E-state index contributed by atoms with van der Waals surface area (Å²) in [5, 5.41) is 17.8. The number of hydrogen-bond donors (Lipinski definition) is 3. The number of benzene rings is 2. The monoisotopic (exact) mass is 603 g/mol.